The summed E-state index contributed by atoms with van der Waals surface area (Å²) in [6.45, 7) is 6.07. The molecule has 0 saturated carbocycles. The van der Waals surface area contributed by atoms with Crippen molar-refractivity contribution >= 4 is 35.0 Å². The fraction of sp³-hybridized carbons (Fsp3) is 0.462. The summed E-state index contributed by atoms with van der Waals surface area (Å²) in [5.41, 5.74) is 1.67. The van der Waals surface area contributed by atoms with Crippen LogP contribution in [-0.4, -0.2) is 43.0 Å². The lowest BCUT2D eigenvalue weighted by atomic mass is 10.1. The molecule has 0 aliphatic rings. The minimum absolute atomic E-state index is 0.0179. The van der Waals surface area contributed by atoms with Crippen molar-refractivity contribution in [1.82, 2.24) is 10.2 Å². The van der Waals surface area contributed by atoms with E-state index in [0.717, 1.165) is 17.5 Å². The highest BCUT2D eigenvalue weighted by atomic mass is 35.5. The Hall–Kier alpha value is -2.44. The third kappa shape index (κ3) is 7.54. The van der Waals surface area contributed by atoms with Crippen molar-refractivity contribution in [3.8, 4) is 11.5 Å². The van der Waals surface area contributed by atoms with Crippen molar-refractivity contribution in [1.29, 1.82) is 0 Å². The number of ether oxygens (including phenoxy) is 2. The van der Waals surface area contributed by atoms with Crippen molar-refractivity contribution in [3.05, 3.63) is 57.6 Å². The van der Waals surface area contributed by atoms with Crippen LogP contribution in [0.4, 0.5) is 0 Å². The lowest BCUT2D eigenvalue weighted by molar-refractivity contribution is -0.141. The van der Waals surface area contributed by atoms with Crippen LogP contribution < -0.4 is 14.8 Å². The predicted octanol–water partition coefficient (Wildman–Crippen LogP) is 5.67. The van der Waals surface area contributed by atoms with Crippen LogP contribution >= 0.6 is 23.2 Å². The maximum Gasteiger partial charge on any atom is 0.243 e. The van der Waals surface area contributed by atoms with Crippen molar-refractivity contribution in [2.24, 2.45) is 0 Å². The number of halogens is 2. The minimum Gasteiger partial charge on any atom is -0.493 e. The van der Waals surface area contributed by atoms with E-state index in [1.54, 1.807) is 37.3 Å². The lowest BCUT2D eigenvalue weighted by Crippen LogP contribution is -2.50. The molecule has 0 saturated heterocycles. The van der Waals surface area contributed by atoms with Crippen LogP contribution in [0.15, 0.2) is 36.4 Å². The van der Waals surface area contributed by atoms with E-state index in [0.29, 0.717) is 34.4 Å². The van der Waals surface area contributed by atoms with Gasteiger partial charge in [-0.25, -0.2) is 0 Å². The zero-order valence-electron chi connectivity index (χ0n) is 20.5. The van der Waals surface area contributed by atoms with Gasteiger partial charge in [-0.3, -0.25) is 9.59 Å². The Morgan fingerprint density at radius 1 is 1.00 bits per heavy atom. The second kappa shape index (κ2) is 13.4. The third-order valence-corrected chi connectivity index (χ3v) is 6.41. The Morgan fingerprint density at radius 3 is 2.29 bits per heavy atom. The molecule has 0 heterocycles. The summed E-state index contributed by atoms with van der Waals surface area (Å²) in [6, 6.07) is 10.2. The molecule has 34 heavy (non-hydrogen) atoms. The van der Waals surface area contributed by atoms with Crippen LogP contribution in [0.2, 0.25) is 10.0 Å². The molecule has 0 radical (unpaired) electrons. The van der Waals surface area contributed by atoms with Crippen LogP contribution in [0.3, 0.4) is 0 Å². The van der Waals surface area contributed by atoms with Gasteiger partial charge in [0.25, 0.3) is 0 Å². The molecule has 186 valence electrons. The molecule has 0 bridgehead atoms. The Labute approximate surface area is 212 Å². The minimum atomic E-state index is -0.612. The van der Waals surface area contributed by atoms with E-state index in [1.165, 1.54) is 0 Å². The molecule has 0 aliphatic heterocycles. The molecular formula is C26H34Cl2N2O4. The van der Waals surface area contributed by atoms with Gasteiger partial charge in [-0.2, -0.15) is 0 Å². The van der Waals surface area contributed by atoms with E-state index in [9.17, 15) is 9.59 Å². The number of carbonyl (C=O) groups excluding carboxylic acids is 2. The molecule has 0 unspecified atom stereocenters. The Kier molecular flexibility index (Phi) is 11.0. The topological polar surface area (TPSA) is 67.9 Å². The lowest BCUT2D eigenvalue weighted by Gasteiger charge is -2.32. The van der Waals surface area contributed by atoms with Crippen LogP contribution in [-0.2, 0) is 22.6 Å². The largest absolute Gasteiger partial charge is 0.493 e. The van der Waals surface area contributed by atoms with Gasteiger partial charge in [-0.1, -0.05) is 49.2 Å². The van der Waals surface area contributed by atoms with Crippen molar-refractivity contribution in [3.63, 3.8) is 0 Å². The maximum absolute atomic E-state index is 13.5. The average Bonchev–Trinajstić information content (AvgIpc) is 2.83. The monoisotopic (exact) mass is 508 g/mol. The van der Waals surface area contributed by atoms with Crippen LogP contribution in [0, 0.1) is 0 Å². The number of hydrogen-bond donors (Lipinski definition) is 1. The number of benzene rings is 2. The highest BCUT2D eigenvalue weighted by Crippen LogP contribution is 2.28. The number of carbonyl (C=O) groups is 2. The molecule has 0 spiro atoms. The van der Waals surface area contributed by atoms with Crippen molar-refractivity contribution < 1.29 is 19.1 Å². The zero-order valence-corrected chi connectivity index (χ0v) is 22.0. The van der Waals surface area contributed by atoms with Gasteiger partial charge in [-0.15, -0.1) is 0 Å². The molecule has 2 rings (SSSR count). The quantitative estimate of drug-likeness (QED) is 0.401. The summed E-state index contributed by atoms with van der Waals surface area (Å²) in [5, 5.41) is 3.99. The van der Waals surface area contributed by atoms with E-state index >= 15 is 0 Å². The van der Waals surface area contributed by atoms with Gasteiger partial charge in [0.15, 0.2) is 11.5 Å². The summed E-state index contributed by atoms with van der Waals surface area (Å²) in [6.07, 6.45) is 2.01. The average molecular weight is 509 g/mol. The van der Waals surface area contributed by atoms with Crippen molar-refractivity contribution in [2.75, 3.05) is 14.2 Å². The van der Waals surface area contributed by atoms with E-state index in [4.69, 9.17) is 32.7 Å². The van der Waals surface area contributed by atoms with Gasteiger partial charge >= 0.3 is 0 Å². The Balaban J connectivity index is 2.27. The number of methoxy groups -OCH3 is 2. The molecule has 2 aromatic rings. The van der Waals surface area contributed by atoms with Gasteiger partial charge < -0.3 is 19.7 Å². The van der Waals surface area contributed by atoms with Crippen molar-refractivity contribution in [2.45, 2.75) is 65.1 Å². The summed E-state index contributed by atoms with van der Waals surface area (Å²) < 4.78 is 10.7. The van der Waals surface area contributed by atoms with E-state index in [-0.39, 0.29) is 30.8 Å². The molecule has 8 heteroatoms. The fourth-order valence-corrected chi connectivity index (χ4v) is 4.09. The number of nitrogens with one attached hydrogen (secondary N) is 1. The number of aryl methyl sites for hydroxylation is 1. The van der Waals surface area contributed by atoms with Crippen LogP contribution in [0.1, 0.15) is 51.2 Å². The molecule has 0 aromatic heterocycles. The van der Waals surface area contributed by atoms with E-state index < -0.39 is 6.04 Å². The number of rotatable bonds is 12. The summed E-state index contributed by atoms with van der Waals surface area (Å²) in [5.74, 6) is 0.939. The molecule has 0 aliphatic carbocycles. The first-order chi connectivity index (χ1) is 16.2. The first-order valence-electron chi connectivity index (χ1n) is 11.5. The first-order valence-corrected chi connectivity index (χ1v) is 12.2. The molecular weight excluding hydrogens is 475 g/mol. The number of hydrogen-bond acceptors (Lipinski definition) is 4. The molecule has 6 nitrogen and oxygen atoms in total. The van der Waals surface area contributed by atoms with Gasteiger partial charge in [0.2, 0.25) is 11.8 Å². The Bertz CT molecular complexity index is 983. The smallest absolute Gasteiger partial charge is 0.243 e. The summed E-state index contributed by atoms with van der Waals surface area (Å²) >= 11 is 12.4. The maximum atomic E-state index is 13.5. The van der Waals surface area contributed by atoms with E-state index in [1.807, 2.05) is 39.0 Å². The van der Waals surface area contributed by atoms with Crippen LogP contribution in [0.25, 0.3) is 0 Å². The van der Waals surface area contributed by atoms with Gasteiger partial charge in [0.1, 0.15) is 6.04 Å². The highest BCUT2D eigenvalue weighted by Gasteiger charge is 2.29. The molecule has 2 atom stereocenters. The fourth-order valence-electron chi connectivity index (χ4n) is 3.63. The standard InChI is InChI=1S/C26H34Cl2N2O4/c1-6-17(3)29-26(32)22(7-2)30(16-19-10-11-20(27)15-21(19)28)25(31)13-9-18-8-12-23(33-4)24(14-18)34-5/h8,10-12,14-15,17,22H,6-7,9,13,16H2,1-5H3,(H,29,32)/t17-,22+/m0/s1. The van der Waals surface area contributed by atoms with Gasteiger partial charge in [0.05, 0.1) is 14.2 Å². The molecule has 2 aromatic carbocycles. The molecule has 1 N–H and O–H groups in total. The predicted molar refractivity (Wildman–Crippen MR) is 137 cm³/mol. The SMILES string of the molecule is CC[C@H](C(=O)N[C@@H](C)CC)N(Cc1ccc(Cl)cc1Cl)C(=O)CCc1ccc(OC)c(OC)c1. The molecule has 0 fully saturated rings. The second-order valence-corrected chi connectivity index (χ2v) is 9.03. The summed E-state index contributed by atoms with van der Waals surface area (Å²) in [4.78, 5) is 28.1. The van der Waals surface area contributed by atoms with Gasteiger partial charge in [0, 0.05) is 29.1 Å². The van der Waals surface area contributed by atoms with E-state index in [2.05, 4.69) is 5.32 Å². The summed E-state index contributed by atoms with van der Waals surface area (Å²) in [7, 11) is 3.16. The van der Waals surface area contributed by atoms with Crippen LogP contribution in [0.5, 0.6) is 11.5 Å². The number of amides is 2. The third-order valence-electron chi connectivity index (χ3n) is 5.82. The molecule has 2 amide bonds. The zero-order chi connectivity index (χ0) is 25.3. The van der Waals surface area contributed by atoms with Gasteiger partial charge in [-0.05, 0) is 61.6 Å². The normalized spacial score (nSPS) is 12.6. The second-order valence-electron chi connectivity index (χ2n) is 8.19. The number of nitrogens with zero attached hydrogens (tertiary/aromatic N) is 1. The first kappa shape index (κ1) is 27.8. The Morgan fingerprint density at radius 2 is 1.71 bits per heavy atom. The highest BCUT2D eigenvalue weighted by molar-refractivity contribution is 6.35.